The van der Waals surface area contributed by atoms with Crippen LogP contribution in [0.1, 0.15) is 23.0 Å². The molecule has 124 valence electrons. The first-order valence-electron chi connectivity index (χ1n) is 6.81. The molecule has 23 heavy (non-hydrogen) atoms. The number of phenolic OH excluding ortho intramolecular Hbond substituents is 1. The summed E-state index contributed by atoms with van der Waals surface area (Å²) in [5, 5.41) is 15.2. The average Bonchev–Trinajstić information content (AvgIpc) is 2.98. The van der Waals surface area contributed by atoms with Gasteiger partial charge in [0, 0.05) is 19.7 Å². The maximum absolute atomic E-state index is 12.5. The second kappa shape index (κ2) is 6.80. The molecular formula is C14H17N3O5S. The van der Waals surface area contributed by atoms with Crippen LogP contribution in [-0.4, -0.2) is 47.7 Å². The lowest BCUT2D eigenvalue weighted by atomic mass is 10.2. The van der Waals surface area contributed by atoms with Crippen molar-refractivity contribution in [3.63, 3.8) is 0 Å². The van der Waals surface area contributed by atoms with E-state index in [0.29, 0.717) is 5.56 Å². The average molecular weight is 339 g/mol. The smallest absolute Gasteiger partial charge is 0.358 e. The van der Waals surface area contributed by atoms with Crippen LogP contribution >= 0.6 is 0 Å². The van der Waals surface area contributed by atoms with Crippen molar-refractivity contribution < 1.29 is 23.1 Å². The minimum absolute atomic E-state index is 0.0550. The third-order valence-electron chi connectivity index (χ3n) is 3.04. The Labute approximate surface area is 133 Å². The highest BCUT2D eigenvalue weighted by molar-refractivity contribution is 7.89. The molecule has 8 nitrogen and oxygen atoms in total. The SMILES string of the molecule is CCOC(=O)c1cc(S(=O)(=O)N(C)Cc2cccc(O)c2)[nH]n1. The standard InChI is InChI=1S/C14H17N3O5S/c1-3-22-14(19)12-8-13(16-15-12)23(20,21)17(2)9-10-5-4-6-11(18)7-10/h4-8,18H,3,9H2,1-2H3,(H,15,16). The predicted octanol–water partition coefficient (Wildman–Crippen LogP) is 1.11. The molecule has 1 aromatic carbocycles. The molecule has 2 N–H and O–H groups in total. The van der Waals surface area contributed by atoms with E-state index in [0.717, 1.165) is 10.4 Å². The van der Waals surface area contributed by atoms with Gasteiger partial charge in [0.25, 0.3) is 10.0 Å². The lowest BCUT2D eigenvalue weighted by Crippen LogP contribution is -2.26. The van der Waals surface area contributed by atoms with Gasteiger partial charge in [-0.1, -0.05) is 12.1 Å². The third kappa shape index (κ3) is 3.88. The molecule has 0 unspecified atom stereocenters. The van der Waals surface area contributed by atoms with Gasteiger partial charge in [0.05, 0.1) is 6.61 Å². The molecule has 0 atom stereocenters. The van der Waals surface area contributed by atoms with E-state index < -0.39 is 16.0 Å². The number of aromatic amines is 1. The zero-order chi connectivity index (χ0) is 17.0. The lowest BCUT2D eigenvalue weighted by Gasteiger charge is -2.15. The molecule has 0 bridgehead atoms. The summed E-state index contributed by atoms with van der Waals surface area (Å²) >= 11 is 0. The number of phenols is 1. The summed E-state index contributed by atoms with van der Waals surface area (Å²) in [7, 11) is -2.46. The molecule has 0 radical (unpaired) electrons. The Bertz CT molecular complexity index is 800. The van der Waals surface area contributed by atoms with Crippen LogP contribution in [-0.2, 0) is 21.3 Å². The highest BCUT2D eigenvalue weighted by atomic mass is 32.2. The van der Waals surface area contributed by atoms with Gasteiger partial charge in [0.2, 0.25) is 0 Å². The van der Waals surface area contributed by atoms with Crippen molar-refractivity contribution in [3.05, 3.63) is 41.6 Å². The Kier molecular flexibility index (Phi) is 5.02. The zero-order valence-corrected chi connectivity index (χ0v) is 13.5. The number of hydrogen-bond donors (Lipinski definition) is 2. The summed E-state index contributed by atoms with van der Waals surface area (Å²) in [6.07, 6.45) is 0. The van der Waals surface area contributed by atoms with Gasteiger partial charge >= 0.3 is 5.97 Å². The summed E-state index contributed by atoms with van der Waals surface area (Å²) in [5.74, 6) is -0.639. The van der Waals surface area contributed by atoms with Gasteiger partial charge in [-0.05, 0) is 24.6 Å². The van der Waals surface area contributed by atoms with Crippen LogP contribution in [0, 0.1) is 0 Å². The molecule has 0 aliphatic heterocycles. The normalized spacial score (nSPS) is 11.6. The summed E-state index contributed by atoms with van der Waals surface area (Å²) < 4.78 is 30.8. The number of rotatable bonds is 6. The highest BCUT2D eigenvalue weighted by Crippen LogP contribution is 2.18. The van der Waals surface area contributed by atoms with Gasteiger partial charge in [-0.3, -0.25) is 5.10 Å². The van der Waals surface area contributed by atoms with Crippen molar-refractivity contribution in [3.8, 4) is 5.75 Å². The van der Waals surface area contributed by atoms with Crippen LogP contribution in [0.15, 0.2) is 35.4 Å². The maximum atomic E-state index is 12.5. The number of benzene rings is 1. The van der Waals surface area contributed by atoms with E-state index in [1.165, 1.54) is 19.2 Å². The van der Waals surface area contributed by atoms with Crippen molar-refractivity contribution in [2.75, 3.05) is 13.7 Å². The minimum Gasteiger partial charge on any atom is -0.508 e. The van der Waals surface area contributed by atoms with Crippen molar-refractivity contribution in [2.45, 2.75) is 18.5 Å². The number of carbonyl (C=O) groups excluding carboxylic acids is 1. The van der Waals surface area contributed by atoms with Crippen LogP contribution in [0.25, 0.3) is 0 Å². The van der Waals surface area contributed by atoms with Crippen molar-refractivity contribution in [1.29, 1.82) is 0 Å². The van der Waals surface area contributed by atoms with E-state index >= 15 is 0 Å². The van der Waals surface area contributed by atoms with Gasteiger partial charge in [0.1, 0.15) is 5.75 Å². The number of H-pyrrole nitrogens is 1. The number of nitrogens with one attached hydrogen (secondary N) is 1. The number of hydrogen-bond acceptors (Lipinski definition) is 6. The van der Waals surface area contributed by atoms with Gasteiger partial charge < -0.3 is 9.84 Å². The first kappa shape index (κ1) is 17.0. The molecule has 0 aliphatic carbocycles. The number of carbonyl (C=O) groups is 1. The molecule has 0 saturated carbocycles. The van der Waals surface area contributed by atoms with Crippen LogP contribution in [0.2, 0.25) is 0 Å². The Morgan fingerprint density at radius 2 is 2.13 bits per heavy atom. The van der Waals surface area contributed by atoms with E-state index in [4.69, 9.17) is 4.74 Å². The van der Waals surface area contributed by atoms with E-state index in [-0.39, 0.29) is 29.6 Å². The Balaban J connectivity index is 2.19. The molecular weight excluding hydrogens is 322 g/mol. The summed E-state index contributed by atoms with van der Waals surface area (Å²) in [6.45, 7) is 1.88. The molecule has 0 fully saturated rings. The van der Waals surface area contributed by atoms with E-state index in [1.807, 2.05) is 0 Å². The number of esters is 1. The molecule has 9 heteroatoms. The van der Waals surface area contributed by atoms with E-state index in [2.05, 4.69) is 10.2 Å². The number of aromatic nitrogens is 2. The number of ether oxygens (including phenoxy) is 1. The van der Waals surface area contributed by atoms with Crippen LogP contribution in [0.4, 0.5) is 0 Å². The zero-order valence-electron chi connectivity index (χ0n) is 12.7. The third-order valence-corrected chi connectivity index (χ3v) is 4.76. The first-order valence-corrected chi connectivity index (χ1v) is 8.25. The monoisotopic (exact) mass is 339 g/mol. The second-order valence-corrected chi connectivity index (χ2v) is 6.78. The first-order chi connectivity index (χ1) is 10.8. The van der Waals surface area contributed by atoms with E-state index in [1.54, 1.807) is 19.1 Å². The lowest BCUT2D eigenvalue weighted by molar-refractivity contribution is 0.0519. The fraction of sp³-hybridized carbons (Fsp3) is 0.286. The molecule has 2 rings (SSSR count). The maximum Gasteiger partial charge on any atom is 0.358 e. The van der Waals surface area contributed by atoms with Crippen molar-refractivity contribution in [2.24, 2.45) is 0 Å². The van der Waals surface area contributed by atoms with Gasteiger partial charge in [-0.25, -0.2) is 13.2 Å². The molecule has 1 heterocycles. The summed E-state index contributed by atoms with van der Waals surface area (Å²) in [6, 6.07) is 7.43. The topological polar surface area (TPSA) is 113 Å². The quantitative estimate of drug-likeness (QED) is 0.763. The Hall–Kier alpha value is -2.39. The molecule has 0 amide bonds. The summed E-state index contributed by atoms with van der Waals surface area (Å²) in [4.78, 5) is 11.5. The second-order valence-electron chi connectivity index (χ2n) is 4.77. The van der Waals surface area contributed by atoms with Crippen LogP contribution in [0.5, 0.6) is 5.75 Å². The molecule has 2 aromatic rings. The Morgan fingerprint density at radius 1 is 1.39 bits per heavy atom. The Morgan fingerprint density at radius 3 is 2.78 bits per heavy atom. The summed E-state index contributed by atoms with van der Waals surface area (Å²) in [5.41, 5.74) is 0.525. The minimum atomic E-state index is -3.85. The predicted molar refractivity (Wildman–Crippen MR) is 81.3 cm³/mol. The molecule has 0 saturated heterocycles. The van der Waals surface area contributed by atoms with Gasteiger partial charge in [-0.15, -0.1) is 0 Å². The van der Waals surface area contributed by atoms with E-state index in [9.17, 15) is 18.3 Å². The highest BCUT2D eigenvalue weighted by Gasteiger charge is 2.25. The molecule has 1 aromatic heterocycles. The van der Waals surface area contributed by atoms with Crippen molar-refractivity contribution in [1.82, 2.24) is 14.5 Å². The number of aromatic hydroxyl groups is 1. The molecule has 0 aliphatic rings. The van der Waals surface area contributed by atoms with Gasteiger partial charge in [-0.2, -0.15) is 9.40 Å². The van der Waals surface area contributed by atoms with Crippen molar-refractivity contribution >= 4 is 16.0 Å². The number of sulfonamides is 1. The fourth-order valence-electron chi connectivity index (χ4n) is 1.91. The number of nitrogens with zero attached hydrogens (tertiary/aromatic N) is 2. The molecule has 0 spiro atoms. The van der Waals surface area contributed by atoms with Crippen LogP contribution in [0.3, 0.4) is 0 Å². The van der Waals surface area contributed by atoms with Crippen LogP contribution < -0.4 is 0 Å². The fourth-order valence-corrected chi connectivity index (χ4v) is 2.99. The van der Waals surface area contributed by atoms with Gasteiger partial charge in [0.15, 0.2) is 10.7 Å². The largest absolute Gasteiger partial charge is 0.508 e.